The average molecular weight is 399 g/mol. The third-order valence-corrected chi connectivity index (χ3v) is 5.66. The van der Waals surface area contributed by atoms with Gasteiger partial charge < -0.3 is 15.1 Å². The highest BCUT2D eigenvalue weighted by Gasteiger charge is 2.37. The van der Waals surface area contributed by atoms with Crippen LogP contribution in [0.25, 0.3) is 0 Å². The number of benzene rings is 2. The number of hydrogen-bond donors (Lipinski definition) is 1. The van der Waals surface area contributed by atoms with E-state index < -0.39 is 17.5 Å². The molecular formula is C22H23F2N3O2. The number of amides is 2. The van der Waals surface area contributed by atoms with Gasteiger partial charge in [-0.1, -0.05) is 6.42 Å². The number of carbonyl (C=O) groups is 2. The molecule has 2 aliphatic rings. The van der Waals surface area contributed by atoms with E-state index in [-0.39, 0.29) is 17.8 Å². The van der Waals surface area contributed by atoms with Crippen molar-refractivity contribution in [3.8, 4) is 0 Å². The van der Waals surface area contributed by atoms with Crippen molar-refractivity contribution in [2.24, 2.45) is 0 Å². The summed E-state index contributed by atoms with van der Waals surface area (Å²) in [5.41, 5.74) is 1.87. The van der Waals surface area contributed by atoms with E-state index in [0.29, 0.717) is 11.1 Å². The molecule has 0 spiro atoms. The van der Waals surface area contributed by atoms with E-state index in [2.05, 4.69) is 10.2 Å². The highest BCUT2D eigenvalue weighted by molar-refractivity contribution is 6.08. The molecule has 0 aromatic heterocycles. The van der Waals surface area contributed by atoms with Crippen molar-refractivity contribution in [3.05, 3.63) is 59.2 Å². The zero-order valence-corrected chi connectivity index (χ0v) is 16.3. The minimum Gasteiger partial charge on any atom is -0.351 e. The maximum absolute atomic E-state index is 13.4. The molecule has 1 saturated heterocycles. The van der Waals surface area contributed by atoms with Crippen molar-refractivity contribution in [2.45, 2.75) is 38.8 Å². The second-order valence-corrected chi connectivity index (χ2v) is 7.43. The Hall–Kier alpha value is -2.96. The third kappa shape index (κ3) is 3.57. The fraction of sp³-hybridized carbons (Fsp3) is 0.364. The fourth-order valence-electron chi connectivity index (χ4n) is 4.22. The number of rotatable bonds is 3. The van der Waals surface area contributed by atoms with Crippen molar-refractivity contribution < 1.29 is 18.4 Å². The van der Waals surface area contributed by atoms with Gasteiger partial charge in [-0.05, 0) is 56.5 Å². The SMILES string of the molecule is CCN1c2cc(C(=O)Nc3ccc(F)c(F)c3)ccc2C(=O)N2CCCCC[C@@H]21. The zero-order valence-electron chi connectivity index (χ0n) is 16.3. The quantitative estimate of drug-likeness (QED) is 0.832. The smallest absolute Gasteiger partial charge is 0.257 e. The van der Waals surface area contributed by atoms with Gasteiger partial charge in [0.2, 0.25) is 0 Å². The van der Waals surface area contributed by atoms with Crippen LogP contribution in [-0.2, 0) is 0 Å². The van der Waals surface area contributed by atoms with Gasteiger partial charge in [0.15, 0.2) is 11.6 Å². The molecule has 5 nitrogen and oxygen atoms in total. The molecule has 0 bridgehead atoms. The summed E-state index contributed by atoms with van der Waals surface area (Å²) in [4.78, 5) is 29.8. The number of anilines is 2. The Labute approximate surface area is 168 Å². The first-order chi connectivity index (χ1) is 14.0. The second-order valence-electron chi connectivity index (χ2n) is 7.43. The van der Waals surface area contributed by atoms with E-state index in [1.807, 2.05) is 11.8 Å². The van der Waals surface area contributed by atoms with Crippen molar-refractivity contribution in [3.63, 3.8) is 0 Å². The molecule has 0 aliphatic carbocycles. The summed E-state index contributed by atoms with van der Waals surface area (Å²) in [6, 6.07) is 8.21. The fourth-order valence-corrected chi connectivity index (χ4v) is 4.22. The van der Waals surface area contributed by atoms with Crippen LogP contribution >= 0.6 is 0 Å². The lowest BCUT2D eigenvalue weighted by molar-refractivity contribution is 0.0656. The predicted molar refractivity (Wildman–Crippen MR) is 107 cm³/mol. The molecule has 0 saturated carbocycles. The summed E-state index contributed by atoms with van der Waals surface area (Å²) in [7, 11) is 0. The van der Waals surface area contributed by atoms with Gasteiger partial charge in [-0.15, -0.1) is 0 Å². The molecule has 0 unspecified atom stereocenters. The van der Waals surface area contributed by atoms with E-state index in [1.165, 1.54) is 6.07 Å². The minimum atomic E-state index is -1.02. The van der Waals surface area contributed by atoms with Crippen LogP contribution in [0.3, 0.4) is 0 Å². The van der Waals surface area contributed by atoms with Crippen molar-refractivity contribution in [2.75, 3.05) is 23.3 Å². The van der Waals surface area contributed by atoms with Gasteiger partial charge in [0.1, 0.15) is 6.17 Å². The zero-order chi connectivity index (χ0) is 20.5. The van der Waals surface area contributed by atoms with Crippen LogP contribution in [0, 0.1) is 11.6 Å². The number of hydrogen-bond acceptors (Lipinski definition) is 3. The predicted octanol–water partition coefficient (Wildman–Crippen LogP) is 4.40. The molecular weight excluding hydrogens is 376 g/mol. The van der Waals surface area contributed by atoms with E-state index >= 15 is 0 Å². The Balaban J connectivity index is 1.65. The summed E-state index contributed by atoms with van der Waals surface area (Å²) >= 11 is 0. The molecule has 2 amide bonds. The number of fused-ring (bicyclic) bond motifs is 2. The Bertz CT molecular complexity index is 963. The van der Waals surface area contributed by atoms with Crippen molar-refractivity contribution >= 4 is 23.2 Å². The lowest BCUT2D eigenvalue weighted by Crippen LogP contribution is -2.55. The summed E-state index contributed by atoms with van der Waals surface area (Å²) < 4.78 is 26.5. The number of nitrogens with zero attached hydrogens (tertiary/aromatic N) is 2. The summed E-state index contributed by atoms with van der Waals surface area (Å²) in [6.07, 6.45) is 4.09. The highest BCUT2D eigenvalue weighted by Crippen LogP contribution is 2.35. The van der Waals surface area contributed by atoms with E-state index in [0.717, 1.165) is 56.6 Å². The Morgan fingerprint density at radius 1 is 1.10 bits per heavy atom. The molecule has 2 heterocycles. The van der Waals surface area contributed by atoms with Gasteiger partial charge >= 0.3 is 0 Å². The summed E-state index contributed by atoms with van der Waals surface area (Å²) in [5.74, 6) is -2.43. The van der Waals surface area contributed by atoms with Crippen LogP contribution in [0.2, 0.25) is 0 Å². The van der Waals surface area contributed by atoms with Crippen molar-refractivity contribution in [1.82, 2.24) is 4.90 Å². The van der Waals surface area contributed by atoms with Gasteiger partial charge in [0.25, 0.3) is 11.8 Å². The summed E-state index contributed by atoms with van der Waals surface area (Å²) in [6.45, 7) is 3.50. The lowest BCUT2D eigenvalue weighted by atomic mass is 10.0. The molecule has 4 rings (SSSR count). The first-order valence-corrected chi connectivity index (χ1v) is 9.97. The van der Waals surface area contributed by atoms with Gasteiger partial charge in [-0.2, -0.15) is 0 Å². The first-order valence-electron chi connectivity index (χ1n) is 9.97. The maximum atomic E-state index is 13.4. The summed E-state index contributed by atoms with van der Waals surface area (Å²) in [5, 5.41) is 2.58. The normalized spacial score (nSPS) is 18.7. The Morgan fingerprint density at radius 3 is 2.69 bits per heavy atom. The van der Waals surface area contributed by atoms with Crippen LogP contribution in [0.5, 0.6) is 0 Å². The molecule has 2 aromatic rings. The Morgan fingerprint density at radius 2 is 1.93 bits per heavy atom. The largest absolute Gasteiger partial charge is 0.351 e. The monoisotopic (exact) mass is 399 g/mol. The number of carbonyl (C=O) groups excluding carboxylic acids is 2. The van der Waals surface area contributed by atoms with Crippen LogP contribution in [0.1, 0.15) is 53.3 Å². The molecule has 29 heavy (non-hydrogen) atoms. The molecule has 1 N–H and O–H groups in total. The van der Waals surface area contributed by atoms with Crippen LogP contribution in [0.15, 0.2) is 36.4 Å². The molecule has 1 atom stereocenters. The van der Waals surface area contributed by atoms with E-state index in [1.54, 1.807) is 18.2 Å². The molecule has 2 aliphatic heterocycles. The highest BCUT2D eigenvalue weighted by atomic mass is 19.2. The molecule has 2 aromatic carbocycles. The topological polar surface area (TPSA) is 52.7 Å². The van der Waals surface area contributed by atoms with Gasteiger partial charge in [-0.3, -0.25) is 9.59 Å². The molecule has 7 heteroatoms. The number of halogens is 2. The average Bonchev–Trinajstić information content (AvgIpc) is 2.97. The van der Waals surface area contributed by atoms with Gasteiger partial charge in [-0.25, -0.2) is 8.78 Å². The lowest BCUT2D eigenvalue weighted by Gasteiger charge is -2.44. The standard InChI is InChI=1S/C22H23F2N3O2/c1-2-26-19-12-14(21(28)25-15-8-10-17(23)18(24)13-15)7-9-16(19)22(29)27-11-5-3-4-6-20(26)27/h7-10,12-13,20H,2-6,11H2,1H3,(H,25,28)/t20-/m1/s1. The van der Waals surface area contributed by atoms with Crippen molar-refractivity contribution in [1.29, 1.82) is 0 Å². The first kappa shape index (κ1) is 19.4. The van der Waals surface area contributed by atoms with Gasteiger partial charge in [0.05, 0.1) is 11.3 Å². The third-order valence-electron chi connectivity index (χ3n) is 5.66. The minimum absolute atomic E-state index is 0.00386. The van der Waals surface area contributed by atoms with E-state index in [9.17, 15) is 18.4 Å². The number of nitrogens with one attached hydrogen (secondary N) is 1. The van der Waals surface area contributed by atoms with Crippen LogP contribution < -0.4 is 10.2 Å². The maximum Gasteiger partial charge on any atom is 0.257 e. The van der Waals surface area contributed by atoms with Crippen LogP contribution in [0.4, 0.5) is 20.2 Å². The molecule has 1 fully saturated rings. The van der Waals surface area contributed by atoms with Gasteiger partial charge in [0, 0.05) is 30.4 Å². The van der Waals surface area contributed by atoms with Crippen LogP contribution in [-0.4, -0.2) is 36.0 Å². The van der Waals surface area contributed by atoms with E-state index in [4.69, 9.17) is 0 Å². The molecule has 0 radical (unpaired) electrons. The second kappa shape index (κ2) is 7.81. The molecule has 152 valence electrons. The Kier molecular flexibility index (Phi) is 5.22.